The van der Waals surface area contributed by atoms with Crippen LogP contribution in [-0.4, -0.2) is 23.0 Å². The molecule has 1 saturated carbocycles. The number of rotatable bonds is 4. The zero-order valence-corrected chi connectivity index (χ0v) is 13.1. The molecular weight excluding hydrogens is 260 g/mol. The minimum Gasteiger partial charge on any atom is -0.322 e. The lowest BCUT2D eigenvalue weighted by molar-refractivity contribution is -0.132. The van der Waals surface area contributed by atoms with E-state index in [0.29, 0.717) is 6.04 Å². The Balaban J connectivity index is 1.82. The first kappa shape index (κ1) is 14.6. The molecule has 3 rings (SSSR count). The normalized spacial score (nSPS) is 32.9. The highest BCUT2D eigenvalue weighted by atomic mass is 16.2. The average molecular weight is 286 g/mol. The van der Waals surface area contributed by atoms with Gasteiger partial charge in [0.2, 0.25) is 5.91 Å². The van der Waals surface area contributed by atoms with Gasteiger partial charge in [-0.3, -0.25) is 10.1 Å². The Labute approximate surface area is 127 Å². The fraction of sp³-hybridized carbons (Fsp3) is 0.611. The maximum Gasteiger partial charge on any atom is 0.245 e. The third kappa shape index (κ3) is 2.84. The molecule has 1 saturated heterocycles. The highest BCUT2D eigenvalue weighted by Gasteiger charge is 2.43. The fourth-order valence-corrected chi connectivity index (χ4v) is 3.89. The first-order valence-electron chi connectivity index (χ1n) is 8.34. The molecule has 0 bridgehead atoms. The van der Waals surface area contributed by atoms with Crippen molar-refractivity contribution < 1.29 is 4.79 Å². The summed E-state index contributed by atoms with van der Waals surface area (Å²) in [4.78, 5) is 15.1. The van der Waals surface area contributed by atoms with Crippen LogP contribution in [0.25, 0.3) is 0 Å². The van der Waals surface area contributed by atoms with Gasteiger partial charge in [0.15, 0.2) is 0 Å². The summed E-state index contributed by atoms with van der Waals surface area (Å²) in [6.45, 7) is 4.49. The lowest BCUT2D eigenvalue weighted by Crippen LogP contribution is -2.43. The van der Waals surface area contributed by atoms with E-state index in [-0.39, 0.29) is 18.1 Å². The largest absolute Gasteiger partial charge is 0.322 e. The van der Waals surface area contributed by atoms with Gasteiger partial charge in [0.05, 0.1) is 6.17 Å². The molecule has 1 aliphatic carbocycles. The van der Waals surface area contributed by atoms with Gasteiger partial charge in [-0.1, -0.05) is 50.6 Å². The molecule has 1 aromatic carbocycles. The lowest BCUT2D eigenvalue weighted by atomic mass is 10.1. The number of nitrogens with one attached hydrogen (secondary N) is 1. The van der Waals surface area contributed by atoms with Crippen LogP contribution in [0.1, 0.15) is 57.6 Å². The predicted octanol–water partition coefficient (Wildman–Crippen LogP) is 3.47. The van der Waals surface area contributed by atoms with Crippen molar-refractivity contribution in [2.75, 3.05) is 0 Å². The summed E-state index contributed by atoms with van der Waals surface area (Å²) in [5, 5.41) is 3.58. The molecule has 4 atom stereocenters. The SMILES string of the molecule is CCCC1NC(c2ccccc2)C(=O)N1C1CCC(C)C1. The number of hydrogen-bond donors (Lipinski definition) is 1. The summed E-state index contributed by atoms with van der Waals surface area (Å²) in [5.41, 5.74) is 1.09. The molecule has 21 heavy (non-hydrogen) atoms. The van der Waals surface area contributed by atoms with E-state index < -0.39 is 0 Å². The summed E-state index contributed by atoms with van der Waals surface area (Å²) in [6.07, 6.45) is 5.93. The minimum absolute atomic E-state index is 0.154. The van der Waals surface area contributed by atoms with Crippen LogP contribution in [0.4, 0.5) is 0 Å². The van der Waals surface area contributed by atoms with Crippen molar-refractivity contribution in [2.45, 2.75) is 64.2 Å². The van der Waals surface area contributed by atoms with E-state index in [1.807, 2.05) is 18.2 Å². The molecule has 2 fully saturated rings. The van der Waals surface area contributed by atoms with Gasteiger partial charge in [-0.05, 0) is 37.2 Å². The Kier molecular flexibility index (Phi) is 4.29. The van der Waals surface area contributed by atoms with Crippen LogP contribution < -0.4 is 5.32 Å². The molecular formula is C18H26N2O. The van der Waals surface area contributed by atoms with Crippen LogP contribution in [-0.2, 0) is 4.79 Å². The molecule has 2 aliphatic rings. The van der Waals surface area contributed by atoms with Crippen LogP contribution in [0, 0.1) is 5.92 Å². The van der Waals surface area contributed by atoms with E-state index in [1.54, 1.807) is 0 Å². The van der Waals surface area contributed by atoms with Crippen LogP contribution in [0.3, 0.4) is 0 Å². The summed E-state index contributed by atoms with van der Waals surface area (Å²) in [5.74, 6) is 1.03. The maximum absolute atomic E-state index is 12.9. The van der Waals surface area contributed by atoms with Gasteiger partial charge in [0, 0.05) is 6.04 Å². The third-order valence-corrected chi connectivity index (χ3v) is 4.95. The highest BCUT2D eigenvalue weighted by molar-refractivity contribution is 5.86. The second-order valence-corrected chi connectivity index (χ2v) is 6.63. The van der Waals surface area contributed by atoms with Gasteiger partial charge < -0.3 is 4.90 Å². The molecule has 4 unspecified atom stereocenters. The van der Waals surface area contributed by atoms with E-state index in [9.17, 15) is 4.79 Å². The number of carbonyl (C=O) groups excluding carboxylic acids is 1. The number of nitrogens with zero attached hydrogens (tertiary/aromatic N) is 1. The van der Waals surface area contributed by atoms with Gasteiger partial charge in [-0.15, -0.1) is 0 Å². The molecule has 1 N–H and O–H groups in total. The van der Waals surface area contributed by atoms with Crippen molar-refractivity contribution in [3.8, 4) is 0 Å². The first-order valence-corrected chi connectivity index (χ1v) is 8.34. The van der Waals surface area contributed by atoms with Gasteiger partial charge in [-0.2, -0.15) is 0 Å². The fourth-order valence-electron chi connectivity index (χ4n) is 3.89. The second-order valence-electron chi connectivity index (χ2n) is 6.63. The molecule has 3 nitrogen and oxygen atoms in total. The lowest BCUT2D eigenvalue weighted by Gasteiger charge is -2.30. The Bertz CT molecular complexity index is 487. The molecule has 0 spiro atoms. The van der Waals surface area contributed by atoms with Crippen LogP contribution in [0.15, 0.2) is 30.3 Å². The van der Waals surface area contributed by atoms with E-state index >= 15 is 0 Å². The Morgan fingerprint density at radius 1 is 1.24 bits per heavy atom. The number of hydrogen-bond acceptors (Lipinski definition) is 2. The van der Waals surface area contributed by atoms with E-state index in [2.05, 4.69) is 36.2 Å². The Morgan fingerprint density at radius 2 is 2.00 bits per heavy atom. The van der Waals surface area contributed by atoms with Crippen molar-refractivity contribution in [2.24, 2.45) is 5.92 Å². The van der Waals surface area contributed by atoms with Crippen molar-refractivity contribution >= 4 is 5.91 Å². The molecule has 1 heterocycles. The topological polar surface area (TPSA) is 32.3 Å². The van der Waals surface area contributed by atoms with Gasteiger partial charge in [0.1, 0.15) is 6.04 Å². The van der Waals surface area contributed by atoms with E-state index in [1.165, 1.54) is 6.42 Å². The number of benzene rings is 1. The van der Waals surface area contributed by atoms with Crippen LogP contribution in [0.5, 0.6) is 0 Å². The monoisotopic (exact) mass is 286 g/mol. The second kappa shape index (κ2) is 6.18. The third-order valence-electron chi connectivity index (χ3n) is 4.95. The molecule has 1 amide bonds. The van der Waals surface area contributed by atoms with E-state index in [0.717, 1.165) is 37.2 Å². The van der Waals surface area contributed by atoms with Crippen molar-refractivity contribution in [1.29, 1.82) is 0 Å². The number of amides is 1. The van der Waals surface area contributed by atoms with Crippen molar-refractivity contribution in [1.82, 2.24) is 10.2 Å². The predicted molar refractivity (Wildman–Crippen MR) is 84.7 cm³/mol. The maximum atomic E-state index is 12.9. The summed E-state index contributed by atoms with van der Waals surface area (Å²) in [7, 11) is 0. The molecule has 1 aromatic rings. The van der Waals surface area contributed by atoms with Gasteiger partial charge in [0.25, 0.3) is 0 Å². The summed E-state index contributed by atoms with van der Waals surface area (Å²) in [6, 6.07) is 10.4. The number of carbonyl (C=O) groups is 1. The average Bonchev–Trinajstić information content (AvgIpc) is 3.04. The molecule has 3 heteroatoms. The first-order chi connectivity index (χ1) is 10.2. The minimum atomic E-state index is -0.154. The molecule has 0 radical (unpaired) electrons. The standard InChI is InChI=1S/C18H26N2O/c1-3-7-16-19-17(14-8-5-4-6-9-14)18(21)20(16)15-11-10-13(2)12-15/h4-6,8-9,13,15-17,19H,3,7,10-12H2,1-2H3. The Hall–Kier alpha value is -1.35. The summed E-state index contributed by atoms with van der Waals surface area (Å²) >= 11 is 0. The quantitative estimate of drug-likeness (QED) is 0.919. The summed E-state index contributed by atoms with van der Waals surface area (Å²) < 4.78 is 0. The van der Waals surface area contributed by atoms with Crippen molar-refractivity contribution in [3.63, 3.8) is 0 Å². The van der Waals surface area contributed by atoms with Gasteiger partial charge >= 0.3 is 0 Å². The van der Waals surface area contributed by atoms with Crippen LogP contribution >= 0.6 is 0 Å². The zero-order valence-electron chi connectivity index (χ0n) is 13.1. The smallest absolute Gasteiger partial charge is 0.245 e. The van der Waals surface area contributed by atoms with E-state index in [4.69, 9.17) is 0 Å². The molecule has 1 aliphatic heterocycles. The molecule has 0 aromatic heterocycles. The molecule has 114 valence electrons. The zero-order chi connectivity index (χ0) is 14.8. The van der Waals surface area contributed by atoms with Crippen molar-refractivity contribution in [3.05, 3.63) is 35.9 Å². The Morgan fingerprint density at radius 3 is 2.62 bits per heavy atom. The van der Waals surface area contributed by atoms with Gasteiger partial charge in [-0.25, -0.2) is 0 Å². The van der Waals surface area contributed by atoms with Crippen LogP contribution in [0.2, 0.25) is 0 Å². The highest BCUT2D eigenvalue weighted by Crippen LogP contribution is 2.35.